The van der Waals surface area contributed by atoms with E-state index in [1.54, 1.807) is 0 Å². The van der Waals surface area contributed by atoms with E-state index in [2.05, 4.69) is 52.0 Å². The van der Waals surface area contributed by atoms with Crippen LogP contribution in [0.4, 0.5) is 0 Å². The number of allylic oxidation sites excluding steroid dienone is 4. The molecular weight excluding hydrogens is 308 g/mol. The topological polar surface area (TPSA) is 40.5 Å². The van der Waals surface area contributed by atoms with Crippen molar-refractivity contribution in [3.63, 3.8) is 0 Å². The van der Waals surface area contributed by atoms with Crippen LogP contribution in [0.3, 0.4) is 0 Å². The van der Waals surface area contributed by atoms with E-state index >= 15 is 0 Å². The van der Waals surface area contributed by atoms with Gasteiger partial charge in [-0.25, -0.2) is 0 Å². The number of aliphatic hydroxyl groups is 2. The van der Waals surface area contributed by atoms with Crippen molar-refractivity contribution in [2.45, 2.75) is 46.1 Å². The molecule has 0 aromatic heterocycles. The second-order valence-corrected chi connectivity index (χ2v) is 8.60. The molecule has 0 bridgehead atoms. The van der Waals surface area contributed by atoms with E-state index in [-0.39, 0.29) is 16.7 Å². The first-order chi connectivity index (χ1) is 11.7. The molecule has 0 saturated heterocycles. The summed E-state index contributed by atoms with van der Waals surface area (Å²) in [6, 6.07) is 8.57. The van der Waals surface area contributed by atoms with Gasteiger partial charge >= 0.3 is 0 Å². The molecule has 1 aromatic rings. The highest BCUT2D eigenvalue weighted by molar-refractivity contribution is 5.91. The molecule has 1 aromatic carbocycles. The minimum absolute atomic E-state index is 0.0573. The predicted octanol–water partition coefficient (Wildman–Crippen LogP) is 5.08. The van der Waals surface area contributed by atoms with Gasteiger partial charge in [0.1, 0.15) is 5.76 Å². The SMILES string of the molecule is CC1=CC2C(=C3C(=CC2O)C(C)(C)C(C)(C)c2ccccc23)C=C1O. The third-order valence-corrected chi connectivity index (χ3v) is 6.85. The third-order valence-electron chi connectivity index (χ3n) is 6.85. The first kappa shape index (κ1) is 16.4. The van der Waals surface area contributed by atoms with Crippen molar-refractivity contribution < 1.29 is 10.2 Å². The van der Waals surface area contributed by atoms with Crippen molar-refractivity contribution in [1.29, 1.82) is 0 Å². The average Bonchev–Trinajstić information content (AvgIpc) is 2.55. The Balaban J connectivity index is 2.11. The van der Waals surface area contributed by atoms with Gasteiger partial charge in [0, 0.05) is 5.92 Å². The van der Waals surface area contributed by atoms with Crippen LogP contribution in [0.5, 0.6) is 0 Å². The Morgan fingerprint density at radius 1 is 0.960 bits per heavy atom. The largest absolute Gasteiger partial charge is 0.508 e. The molecule has 0 saturated carbocycles. The van der Waals surface area contributed by atoms with E-state index < -0.39 is 6.10 Å². The Kier molecular flexibility index (Phi) is 3.27. The lowest BCUT2D eigenvalue weighted by Gasteiger charge is -2.52. The fourth-order valence-electron chi connectivity index (χ4n) is 4.58. The molecule has 3 aliphatic carbocycles. The summed E-state index contributed by atoms with van der Waals surface area (Å²) in [5.41, 5.74) is 6.60. The molecule has 4 rings (SSSR count). The Morgan fingerprint density at radius 3 is 2.36 bits per heavy atom. The molecule has 3 aliphatic rings. The molecule has 2 atom stereocenters. The lowest BCUT2D eigenvalue weighted by molar-refractivity contribution is 0.180. The summed E-state index contributed by atoms with van der Waals surface area (Å²) in [6.07, 6.45) is 5.33. The van der Waals surface area contributed by atoms with Crippen molar-refractivity contribution in [2.24, 2.45) is 11.3 Å². The summed E-state index contributed by atoms with van der Waals surface area (Å²) in [7, 11) is 0. The number of benzene rings is 1. The smallest absolute Gasteiger partial charge is 0.118 e. The van der Waals surface area contributed by atoms with Gasteiger partial charge < -0.3 is 10.2 Å². The van der Waals surface area contributed by atoms with Gasteiger partial charge in [0.15, 0.2) is 0 Å². The molecule has 0 radical (unpaired) electrons. The van der Waals surface area contributed by atoms with Crippen LogP contribution in [-0.2, 0) is 5.41 Å². The maximum atomic E-state index is 10.8. The van der Waals surface area contributed by atoms with Gasteiger partial charge in [-0.3, -0.25) is 0 Å². The highest BCUT2D eigenvalue weighted by Crippen LogP contribution is 2.59. The fourth-order valence-corrected chi connectivity index (χ4v) is 4.58. The lowest BCUT2D eigenvalue weighted by Crippen LogP contribution is -2.44. The Hall–Kier alpha value is -2.06. The van der Waals surface area contributed by atoms with Crippen LogP contribution in [0.25, 0.3) is 5.57 Å². The van der Waals surface area contributed by atoms with Crippen LogP contribution in [-0.4, -0.2) is 16.3 Å². The van der Waals surface area contributed by atoms with Gasteiger partial charge in [0.05, 0.1) is 6.10 Å². The molecule has 2 unspecified atom stereocenters. The third kappa shape index (κ3) is 2.01. The zero-order chi connectivity index (χ0) is 18.1. The first-order valence-corrected chi connectivity index (χ1v) is 9.00. The molecule has 0 amide bonds. The van der Waals surface area contributed by atoms with Gasteiger partial charge in [-0.1, -0.05) is 64.1 Å². The summed E-state index contributed by atoms with van der Waals surface area (Å²) in [5, 5.41) is 21.2. The molecule has 0 spiro atoms. The molecule has 2 nitrogen and oxygen atoms in total. The molecule has 2 heteroatoms. The Labute approximate surface area is 149 Å². The zero-order valence-electron chi connectivity index (χ0n) is 15.6. The molecule has 0 fully saturated rings. The number of hydrogen-bond acceptors (Lipinski definition) is 2. The number of aliphatic hydroxyl groups excluding tert-OH is 2. The van der Waals surface area contributed by atoms with Crippen molar-refractivity contribution in [2.75, 3.05) is 0 Å². The maximum absolute atomic E-state index is 10.8. The van der Waals surface area contributed by atoms with Gasteiger partial charge in [-0.15, -0.1) is 0 Å². The van der Waals surface area contributed by atoms with Crippen molar-refractivity contribution >= 4 is 5.57 Å². The quantitative estimate of drug-likeness (QED) is 0.695. The summed E-state index contributed by atoms with van der Waals surface area (Å²) in [5.74, 6) is 0.201. The van der Waals surface area contributed by atoms with E-state index in [1.165, 1.54) is 22.3 Å². The van der Waals surface area contributed by atoms with E-state index in [0.29, 0.717) is 5.76 Å². The highest BCUT2D eigenvalue weighted by atomic mass is 16.3. The highest BCUT2D eigenvalue weighted by Gasteiger charge is 2.50. The van der Waals surface area contributed by atoms with E-state index in [4.69, 9.17) is 0 Å². The van der Waals surface area contributed by atoms with E-state index in [1.807, 2.05) is 25.2 Å². The van der Waals surface area contributed by atoms with Gasteiger partial charge in [-0.05, 0) is 57.2 Å². The van der Waals surface area contributed by atoms with Crippen LogP contribution < -0.4 is 0 Å². The second-order valence-electron chi connectivity index (χ2n) is 8.60. The van der Waals surface area contributed by atoms with E-state index in [9.17, 15) is 10.2 Å². The second kappa shape index (κ2) is 4.98. The van der Waals surface area contributed by atoms with Crippen molar-refractivity contribution in [1.82, 2.24) is 0 Å². The van der Waals surface area contributed by atoms with Gasteiger partial charge in [0.2, 0.25) is 0 Å². The molecule has 25 heavy (non-hydrogen) atoms. The molecular formula is C23H26O2. The summed E-state index contributed by atoms with van der Waals surface area (Å²) >= 11 is 0. The first-order valence-electron chi connectivity index (χ1n) is 9.00. The number of hydrogen-bond donors (Lipinski definition) is 2. The fraction of sp³-hybridized carbons (Fsp3) is 0.391. The Morgan fingerprint density at radius 2 is 1.64 bits per heavy atom. The van der Waals surface area contributed by atoms with E-state index in [0.717, 1.165) is 11.1 Å². The van der Waals surface area contributed by atoms with Crippen LogP contribution in [0, 0.1) is 11.3 Å². The number of rotatable bonds is 0. The summed E-state index contributed by atoms with van der Waals surface area (Å²) in [4.78, 5) is 0. The van der Waals surface area contributed by atoms with Crippen LogP contribution >= 0.6 is 0 Å². The standard InChI is InChI=1S/C23H26O2/c1-13-10-15-16(11-19(13)24)21-14-8-6-7-9-17(14)22(2,3)23(4,5)18(21)12-20(15)25/h6-12,15,20,24-25H,1-5H3. The minimum atomic E-state index is -0.562. The normalized spacial score (nSPS) is 29.0. The molecule has 2 N–H and O–H groups in total. The van der Waals surface area contributed by atoms with Crippen LogP contribution in [0.1, 0.15) is 45.7 Å². The summed E-state index contributed by atoms with van der Waals surface area (Å²) < 4.78 is 0. The molecule has 0 heterocycles. The molecule has 0 aliphatic heterocycles. The van der Waals surface area contributed by atoms with Gasteiger partial charge in [0.25, 0.3) is 0 Å². The monoisotopic (exact) mass is 334 g/mol. The summed E-state index contributed by atoms with van der Waals surface area (Å²) in [6.45, 7) is 11.0. The zero-order valence-corrected chi connectivity index (χ0v) is 15.6. The minimum Gasteiger partial charge on any atom is -0.508 e. The van der Waals surface area contributed by atoms with Crippen molar-refractivity contribution in [3.8, 4) is 0 Å². The maximum Gasteiger partial charge on any atom is 0.118 e. The van der Waals surface area contributed by atoms with Gasteiger partial charge in [-0.2, -0.15) is 0 Å². The number of fused-ring (bicyclic) bond motifs is 4. The van der Waals surface area contributed by atoms with Crippen LogP contribution in [0.2, 0.25) is 0 Å². The van der Waals surface area contributed by atoms with Crippen LogP contribution in [0.15, 0.2) is 65.0 Å². The lowest BCUT2D eigenvalue weighted by atomic mass is 9.52. The Bertz CT molecular complexity index is 890. The van der Waals surface area contributed by atoms with Crippen molar-refractivity contribution in [3.05, 3.63) is 76.1 Å². The predicted molar refractivity (Wildman–Crippen MR) is 102 cm³/mol. The molecule has 130 valence electrons. The average molecular weight is 334 g/mol.